The summed E-state index contributed by atoms with van der Waals surface area (Å²) in [6.45, 7) is 3.92. The van der Waals surface area contributed by atoms with Gasteiger partial charge < -0.3 is 0 Å². The zero-order chi connectivity index (χ0) is 7.72. The van der Waals surface area contributed by atoms with Gasteiger partial charge in [0.2, 0.25) is 0 Å². The summed E-state index contributed by atoms with van der Waals surface area (Å²) in [5.41, 5.74) is 1.11. The lowest BCUT2D eigenvalue weighted by Gasteiger charge is -2.03. The van der Waals surface area contributed by atoms with Crippen LogP contribution in [0, 0.1) is 6.92 Å². The van der Waals surface area contributed by atoms with Crippen molar-refractivity contribution in [2.75, 3.05) is 6.66 Å². The van der Waals surface area contributed by atoms with Gasteiger partial charge >= 0.3 is 0 Å². The van der Waals surface area contributed by atoms with E-state index in [1.54, 1.807) is 10.5 Å². The highest BCUT2D eigenvalue weighted by Gasteiger charge is 1.99. The van der Waals surface area contributed by atoms with Gasteiger partial charge in [0.15, 0.2) is 0 Å². The lowest BCUT2D eigenvalue weighted by Crippen LogP contribution is -2.13. The summed E-state index contributed by atoms with van der Waals surface area (Å²) in [5.74, 6) is 0. The van der Waals surface area contributed by atoms with Crippen LogP contribution in [0.3, 0.4) is 0 Å². The first kappa shape index (κ1) is 7.55. The topological polar surface area (TPSA) is 26.9 Å². The molecule has 0 saturated carbocycles. The zero-order valence-corrected chi connectivity index (χ0v) is 7.38. The van der Waals surface area contributed by atoms with Crippen LogP contribution in [-0.2, 0) is 7.05 Å². The molecule has 1 unspecified atom stereocenters. The Hall–Kier alpha value is -0.560. The van der Waals surface area contributed by atoms with E-state index in [2.05, 4.69) is 0 Å². The highest BCUT2D eigenvalue weighted by atomic mass is 31.1. The Bertz CT molecular complexity index is 286. The van der Waals surface area contributed by atoms with Gasteiger partial charge in [-0.2, -0.15) is 0 Å². The summed E-state index contributed by atoms with van der Waals surface area (Å²) in [6.07, 6.45) is 0. The van der Waals surface area contributed by atoms with Crippen molar-refractivity contribution in [3.63, 3.8) is 0 Å². The molecule has 10 heavy (non-hydrogen) atoms. The van der Waals surface area contributed by atoms with E-state index < -0.39 is 0 Å². The van der Waals surface area contributed by atoms with Crippen LogP contribution in [0.25, 0.3) is 0 Å². The van der Waals surface area contributed by atoms with Crippen molar-refractivity contribution in [3.8, 4) is 0 Å². The lowest BCUT2D eigenvalue weighted by molar-refractivity contribution is 0.688. The second-order valence-corrected chi connectivity index (χ2v) is 3.05. The van der Waals surface area contributed by atoms with Crippen molar-refractivity contribution in [2.45, 2.75) is 6.92 Å². The molecule has 0 fully saturated rings. The number of hydrogen-bond acceptors (Lipinski definition) is 1. The van der Waals surface area contributed by atoms with Gasteiger partial charge in [-0.25, -0.2) is 4.45 Å². The monoisotopic (exact) mass is 158 g/mol. The van der Waals surface area contributed by atoms with Gasteiger partial charge in [-0.3, -0.25) is 9.48 Å². The molecular weight excluding hydrogens is 147 g/mol. The van der Waals surface area contributed by atoms with Crippen LogP contribution in [0.1, 0.15) is 5.69 Å². The van der Waals surface area contributed by atoms with Crippen molar-refractivity contribution in [2.24, 2.45) is 7.05 Å². The largest absolute Gasteiger partial charge is 0.287 e. The van der Waals surface area contributed by atoms with Crippen molar-refractivity contribution in [3.05, 3.63) is 22.1 Å². The summed E-state index contributed by atoms with van der Waals surface area (Å²) in [6, 6.07) is 1.65. The normalized spacial score (nSPS) is 11.5. The second-order valence-electron chi connectivity index (χ2n) is 2.18. The molecule has 0 aliphatic carbocycles. The van der Waals surface area contributed by atoms with E-state index in [1.807, 2.05) is 25.3 Å². The molecule has 0 bridgehead atoms. The first-order chi connectivity index (χ1) is 4.66. The molecule has 3 nitrogen and oxygen atoms in total. The standard InChI is InChI=1S/C6H11N2OP/c1-5-4-6(9)8(10-3)7(5)2/h4,10H,1-3H3. The molecule has 0 amide bonds. The Labute approximate surface area is 61.5 Å². The summed E-state index contributed by atoms with van der Waals surface area (Å²) in [4.78, 5) is 11.0. The van der Waals surface area contributed by atoms with Crippen LogP contribution in [0.4, 0.5) is 0 Å². The van der Waals surface area contributed by atoms with E-state index in [-0.39, 0.29) is 5.56 Å². The van der Waals surface area contributed by atoms with Crippen molar-refractivity contribution in [1.29, 1.82) is 0 Å². The molecule has 1 atom stereocenters. The number of hydrogen-bond donors (Lipinski definition) is 0. The van der Waals surface area contributed by atoms with E-state index in [4.69, 9.17) is 0 Å². The molecule has 0 radical (unpaired) electrons. The Kier molecular flexibility index (Phi) is 1.95. The van der Waals surface area contributed by atoms with Crippen molar-refractivity contribution < 1.29 is 0 Å². The smallest absolute Gasteiger partial charge is 0.269 e. The third kappa shape index (κ3) is 1.01. The molecule has 0 aliphatic heterocycles. The van der Waals surface area contributed by atoms with Gasteiger partial charge in [0.1, 0.15) is 0 Å². The fraction of sp³-hybridized carbons (Fsp3) is 0.500. The summed E-state index contributed by atoms with van der Waals surface area (Å²) in [7, 11) is 2.41. The van der Waals surface area contributed by atoms with Gasteiger partial charge in [-0.1, -0.05) is 0 Å². The predicted octanol–water partition coefficient (Wildman–Crippen LogP) is 0.567. The zero-order valence-electron chi connectivity index (χ0n) is 6.38. The molecule has 0 aromatic carbocycles. The van der Waals surface area contributed by atoms with Gasteiger partial charge in [0, 0.05) is 27.5 Å². The highest BCUT2D eigenvalue weighted by Crippen LogP contribution is 2.05. The summed E-state index contributed by atoms with van der Waals surface area (Å²) >= 11 is 0. The number of nitrogens with zero attached hydrogens (tertiary/aromatic N) is 2. The molecule has 1 aromatic heterocycles. The summed E-state index contributed by atoms with van der Waals surface area (Å²) < 4.78 is 3.59. The van der Waals surface area contributed by atoms with Crippen LogP contribution < -0.4 is 5.56 Å². The first-order valence-electron chi connectivity index (χ1n) is 3.10. The van der Waals surface area contributed by atoms with Crippen LogP contribution >= 0.6 is 8.73 Å². The first-order valence-corrected chi connectivity index (χ1v) is 4.55. The van der Waals surface area contributed by atoms with Gasteiger partial charge in [0.25, 0.3) is 5.56 Å². The molecule has 56 valence electrons. The van der Waals surface area contributed by atoms with Crippen LogP contribution in [-0.4, -0.2) is 15.8 Å². The Balaban J connectivity index is 3.34. The predicted molar refractivity (Wildman–Crippen MR) is 44.0 cm³/mol. The molecule has 1 aromatic rings. The average Bonchev–Trinajstić information content (AvgIpc) is 2.09. The van der Waals surface area contributed by atoms with Gasteiger partial charge in [-0.15, -0.1) is 0 Å². The summed E-state index contributed by atoms with van der Waals surface area (Å²) in [5, 5.41) is 0. The minimum Gasteiger partial charge on any atom is -0.287 e. The van der Waals surface area contributed by atoms with Crippen LogP contribution in [0.15, 0.2) is 10.9 Å². The molecule has 4 heteroatoms. The maximum Gasteiger partial charge on any atom is 0.269 e. The SMILES string of the molecule is CPn1c(=O)cc(C)n1C. The minimum absolute atomic E-state index is 0.0980. The molecular formula is C6H11N2OP. The second kappa shape index (κ2) is 2.59. The maximum atomic E-state index is 11.0. The molecule has 0 saturated heterocycles. The molecule has 0 aliphatic rings. The quantitative estimate of drug-likeness (QED) is 0.549. The van der Waals surface area contributed by atoms with Gasteiger partial charge in [0.05, 0.1) is 0 Å². The number of aryl methyl sites for hydroxylation is 1. The molecule has 0 spiro atoms. The van der Waals surface area contributed by atoms with E-state index in [9.17, 15) is 4.79 Å². The van der Waals surface area contributed by atoms with Crippen LogP contribution in [0.2, 0.25) is 0 Å². The van der Waals surface area contributed by atoms with Gasteiger partial charge in [-0.05, 0) is 13.6 Å². The molecule has 1 rings (SSSR count). The average molecular weight is 158 g/mol. The highest BCUT2D eigenvalue weighted by molar-refractivity contribution is 7.35. The molecule has 1 heterocycles. The molecule has 0 N–H and O–H groups in total. The van der Waals surface area contributed by atoms with E-state index >= 15 is 0 Å². The van der Waals surface area contributed by atoms with Crippen molar-refractivity contribution in [1.82, 2.24) is 9.13 Å². The number of aromatic nitrogens is 2. The van der Waals surface area contributed by atoms with Crippen molar-refractivity contribution >= 4 is 8.73 Å². The number of rotatable bonds is 1. The maximum absolute atomic E-state index is 11.0. The third-order valence-electron chi connectivity index (χ3n) is 1.56. The fourth-order valence-corrected chi connectivity index (χ4v) is 1.64. The Morgan fingerprint density at radius 1 is 1.60 bits per heavy atom. The van der Waals surface area contributed by atoms with Crippen LogP contribution in [0.5, 0.6) is 0 Å². The Morgan fingerprint density at radius 3 is 2.40 bits per heavy atom. The van der Waals surface area contributed by atoms with E-state index in [0.717, 1.165) is 5.69 Å². The minimum atomic E-state index is 0.0980. The fourth-order valence-electron chi connectivity index (χ4n) is 0.899. The van der Waals surface area contributed by atoms with E-state index in [1.165, 1.54) is 0 Å². The van der Waals surface area contributed by atoms with E-state index in [0.29, 0.717) is 8.73 Å². The third-order valence-corrected chi connectivity index (χ3v) is 2.51. The lowest BCUT2D eigenvalue weighted by atomic mass is 10.5. The Morgan fingerprint density at radius 2 is 2.20 bits per heavy atom.